The molecule has 7 heteroatoms. The number of benzene rings is 2. The highest BCUT2D eigenvalue weighted by molar-refractivity contribution is 7.99. The largest absolute Gasteiger partial charge is 0.353 e. The Balaban J connectivity index is 1.51. The maximum atomic E-state index is 13.9. The van der Waals surface area contributed by atoms with Crippen molar-refractivity contribution in [3.63, 3.8) is 0 Å². The first kappa shape index (κ1) is 22.8. The minimum atomic E-state index is -0.594. The second kappa shape index (κ2) is 10.5. The number of amides is 2. The van der Waals surface area contributed by atoms with Crippen LogP contribution in [0.5, 0.6) is 0 Å². The maximum absolute atomic E-state index is 13.9. The third kappa shape index (κ3) is 5.33. The van der Waals surface area contributed by atoms with E-state index in [9.17, 15) is 14.0 Å². The van der Waals surface area contributed by atoms with Crippen molar-refractivity contribution in [3.8, 4) is 0 Å². The molecule has 4 rings (SSSR count). The number of aryl methyl sites for hydroxylation is 1. The van der Waals surface area contributed by atoms with E-state index in [-0.39, 0.29) is 17.6 Å². The van der Waals surface area contributed by atoms with Crippen LogP contribution < -0.4 is 5.32 Å². The molecule has 2 aromatic carbocycles. The molecule has 170 valence electrons. The lowest BCUT2D eigenvalue weighted by Crippen LogP contribution is -2.49. The SMILES string of the molecule is Cc1ccc(C(=O)N2C(C(=O)NCCN3CCCCC3)CSC2c2cccc(F)c2)cc1. The van der Waals surface area contributed by atoms with Gasteiger partial charge in [-0.1, -0.05) is 36.2 Å². The molecular weight excluding hydrogens is 425 g/mol. The Hall–Kier alpha value is -2.38. The quantitative estimate of drug-likeness (QED) is 0.716. The van der Waals surface area contributed by atoms with E-state index in [1.165, 1.54) is 43.2 Å². The molecule has 32 heavy (non-hydrogen) atoms. The first-order chi connectivity index (χ1) is 15.5. The predicted molar refractivity (Wildman–Crippen MR) is 126 cm³/mol. The van der Waals surface area contributed by atoms with Gasteiger partial charge in [0.15, 0.2) is 0 Å². The Morgan fingerprint density at radius 1 is 1.09 bits per heavy atom. The average Bonchev–Trinajstić information content (AvgIpc) is 3.25. The van der Waals surface area contributed by atoms with Gasteiger partial charge in [-0.15, -0.1) is 11.8 Å². The molecule has 2 heterocycles. The normalized spacial score (nSPS) is 21.5. The summed E-state index contributed by atoms with van der Waals surface area (Å²) in [5.74, 6) is -0.219. The molecule has 0 aromatic heterocycles. The molecule has 0 spiro atoms. The van der Waals surface area contributed by atoms with Crippen molar-refractivity contribution in [1.82, 2.24) is 15.1 Å². The van der Waals surface area contributed by atoms with Gasteiger partial charge in [-0.2, -0.15) is 0 Å². The standard InChI is InChI=1S/C25H30FN3O2S/c1-18-8-10-19(11-9-18)24(31)29-22(17-32-25(29)20-6-5-7-21(26)16-20)23(30)27-12-15-28-13-3-2-4-14-28/h5-11,16,22,25H,2-4,12-15,17H2,1H3,(H,27,30). The van der Waals surface area contributed by atoms with Crippen molar-refractivity contribution in [2.45, 2.75) is 37.6 Å². The predicted octanol–water partition coefficient (Wildman–Crippen LogP) is 3.99. The van der Waals surface area contributed by atoms with Crippen LogP contribution >= 0.6 is 11.8 Å². The van der Waals surface area contributed by atoms with Gasteiger partial charge in [-0.3, -0.25) is 9.59 Å². The van der Waals surface area contributed by atoms with E-state index in [0.29, 0.717) is 23.4 Å². The van der Waals surface area contributed by atoms with Crippen LogP contribution in [0, 0.1) is 12.7 Å². The number of nitrogens with one attached hydrogen (secondary N) is 1. The maximum Gasteiger partial charge on any atom is 0.255 e. The van der Waals surface area contributed by atoms with Crippen LogP contribution in [0.3, 0.4) is 0 Å². The number of rotatable bonds is 6. The van der Waals surface area contributed by atoms with Gasteiger partial charge in [0.1, 0.15) is 17.2 Å². The molecule has 2 amide bonds. The summed E-state index contributed by atoms with van der Waals surface area (Å²) < 4.78 is 13.9. The van der Waals surface area contributed by atoms with E-state index >= 15 is 0 Å². The van der Waals surface area contributed by atoms with Gasteiger partial charge in [-0.05, 0) is 62.7 Å². The zero-order valence-electron chi connectivity index (χ0n) is 18.4. The van der Waals surface area contributed by atoms with Gasteiger partial charge in [0.05, 0.1) is 0 Å². The molecule has 2 atom stereocenters. The molecule has 5 nitrogen and oxygen atoms in total. The van der Waals surface area contributed by atoms with Crippen LogP contribution in [0.4, 0.5) is 4.39 Å². The van der Waals surface area contributed by atoms with Crippen molar-refractivity contribution in [2.75, 3.05) is 31.9 Å². The number of halogens is 1. The van der Waals surface area contributed by atoms with Crippen molar-refractivity contribution < 1.29 is 14.0 Å². The average molecular weight is 456 g/mol. The van der Waals surface area contributed by atoms with Crippen LogP contribution in [0.2, 0.25) is 0 Å². The van der Waals surface area contributed by atoms with Gasteiger partial charge in [0.25, 0.3) is 5.91 Å². The summed E-state index contributed by atoms with van der Waals surface area (Å²) >= 11 is 1.50. The Bertz CT molecular complexity index is 946. The lowest BCUT2D eigenvalue weighted by molar-refractivity contribution is -0.124. The number of thioether (sulfide) groups is 1. The number of carbonyl (C=O) groups is 2. The molecular formula is C25H30FN3O2S. The third-order valence-corrected chi connectivity index (χ3v) is 7.47. The summed E-state index contributed by atoms with van der Waals surface area (Å²) in [5, 5.41) is 2.63. The first-order valence-corrected chi connectivity index (χ1v) is 12.3. The van der Waals surface area contributed by atoms with Crippen LogP contribution in [0.15, 0.2) is 48.5 Å². The number of nitrogens with zero attached hydrogens (tertiary/aromatic N) is 2. The Labute approximate surface area is 193 Å². The lowest BCUT2D eigenvalue weighted by atomic mass is 10.1. The molecule has 2 fully saturated rings. The van der Waals surface area contributed by atoms with E-state index in [1.807, 2.05) is 25.1 Å². The number of hydrogen-bond donors (Lipinski definition) is 1. The third-order valence-electron chi connectivity index (χ3n) is 6.15. The summed E-state index contributed by atoms with van der Waals surface area (Å²) in [5.41, 5.74) is 2.29. The first-order valence-electron chi connectivity index (χ1n) is 11.3. The fraction of sp³-hybridized carbons (Fsp3) is 0.440. The number of carbonyl (C=O) groups excluding carboxylic acids is 2. The van der Waals surface area contributed by atoms with E-state index in [0.717, 1.165) is 25.2 Å². The monoisotopic (exact) mass is 455 g/mol. The highest BCUT2D eigenvalue weighted by atomic mass is 32.2. The van der Waals surface area contributed by atoms with E-state index in [1.54, 1.807) is 23.1 Å². The topological polar surface area (TPSA) is 52.7 Å². The zero-order valence-corrected chi connectivity index (χ0v) is 19.2. The van der Waals surface area contributed by atoms with Crippen molar-refractivity contribution in [1.29, 1.82) is 0 Å². The minimum Gasteiger partial charge on any atom is -0.353 e. The lowest BCUT2D eigenvalue weighted by Gasteiger charge is -2.30. The fourth-order valence-corrected chi connectivity index (χ4v) is 5.78. The molecule has 2 aliphatic heterocycles. The molecule has 0 saturated carbocycles. The number of hydrogen-bond acceptors (Lipinski definition) is 4. The molecule has 2 aliphatic rings. The summed E-state index contributed by atoms with van der Waals surface area (Å²) in [6.45, 7) is 5.51. The van der Waals surface area contributed by atoms with Gasteiger partial charge < -0.3 is 15.1 Å². The summed E-state index contributed by atoms with van der Waals surface area (Å²) in [4.78, 5) is 30.6. The highest BCUT2D eigenvalue weighted by Gasteiger charge is 2.42. The smallest absolute Gasteiger partial charge is 0.255 e. The molecule has 2 saturated heterocycles. The molecule has 2 unspecified atom stereocenters. The zero-order chi connectivity index (χ0) is 22.5. The van der Waals surface area contributed by atoms with Crippen molar-refractivity contribution in [2.24, 2.45) is 0 Å². The van der Waals surface area contributed by atoms with E-state index in [4.69, 9.17) is 0 Å². The molecule has 1 N–H and O–H groups in total. The molecule has 0 radical (unpaired) electrons. The Morgan fingerprint density at radius 3 is 2.56 bits per heavy atom. The van der Waals surface area contributed by atoms with Gasteiger partial charge in [0, 0.05) is 24.4 Å². The molecule has 2 aromatic rings. The van der Waals surface area contributed by atoms with E-state index in [2.05, 4.69) is 10.2 Å². The Kier molecular flexibility index (Phi) is 7.48. The summed E-state index contributed by atoms with van der Waals surface area (Å²) in [7, 11) is 0. The molecule has 0 aliphatic carbocycles. The summed E-state index contributed by atoms with van der Waals surface area (Å²) in [6.07, 6.45) is 3.70. The van der Waals surface area contributed by atoms with Gasteiger partial charge in [-0.25, -0.2) is 4.39 Å². The fourth-order valence-electron chi connectivity index (χ4n) is 4.36. The minimum absolute atomic E-state index is 0.145. The van der Waals surface area contributed by atoms with Crippen molar-refractivity contribution >= 4 is 23.6 Å². The summed E-state index contributed by atoms with van der Waals surface area (Å²) in [6, 6.07) is 13.1. The van der Waals surface area contributed by atoms with Crippen molar-refractivity contribution in [3.05, 3.63) is 71.0 Å². The van der Waals surface area contributed by atoms with E-state index < -0.39 is 11.4 Å². The highest BCUT2D eigenvalue weighted by Crippen LogP contribution is 2.42. The van der Waals surface area contributed by atoms with Gasteiger partial charge >= 0.3 is 0 Å². The van der Waals surface area contributed by atoms with Gasteiger partial charge in [0.2, 0.25) is 5.91 Å². The second-order valence-electron chi connectivity index (χ2n) is 8.53. The van der Waals surface area contributed by atoms with Crippen LogP contribution in [0.1, 0.15) is 46.1 Å². The second-order valence-corrected chi connectivity index (χ2v) is 9.64. The number of piperidine rings is 1. The Morgan fingerprint density at radius 2 is 1.84 bits per heavy atom. The van der Waals surface area contributed by atoms with Crippen LogP contribution in [-0.4, -0.2) is 59.6 Å². The number of likely N-dealkylation sites (tertiary alicyclic amines) is 1. The van der Waals surface area contributed by atoms with Crippen LogP contribution in [0.25, 0.3) is 0 Å². The molecule has 0 bridgehead atoms. The van der Waals surface area contributed by atoms with Crippen LogP contribution in [-0.2, 0) is 4.79 Å².